The van der Waals surface area contributed by atoms with Crippen LogP contribution in [0.2, 0.25) is 0 Å². The van der Waals surface area contributed by atoms with Crippen LogP contribution in [0, 0.1) is 10.5 Å². The smallest absolute Gasteiger partial charge is 0.238 e. The fourth-order valence-corrected chi connectivity index (χ4v) is 3.02. The fraction of sp³-hybridized carbons (Fsp3) is 0.500. The first-order chi connectivity index (χ1) is 9.08. The van der Waals surface area contributed by atoms with Crippen molar-refractivity contribution in [3.8, 4) is 0 Å². The molecule has 1 fully saturated rings. The zero-order valence-electron chi connectivity index (χ0n) is 11.8. The number of nitrogens with one attached hydrogen (secondary N) is 2. The molecule has 4 nitrogen and oxygen atoms in total. The molecule has 1 aromatic carbocycles. The van der Waals surface area contributed by atoms with Crippen molar-refractivity contribution >= 4 is 46.6 Å². The molecule has 1 atom stereocenters. The Bertz CT molecular complexity index is 470. The zero-order chi connectivity index (χ0) is 13.8. The lowest BCUT2D eigenvalue weighted by Gasteiger charge is -2.16. The van der Waals surface area contributed by atoms with Gasteiger partial charge in [-0.3, -0.25) is 9.69 Å². The summed E-state index contributed by atoms with van der Waals surface area (Å²) >= 11 is 2.27. The predicted octanol–water partition coefficient (Wildman–Crippen LogP) is 2.25. The number of carbonyl (C=O) groups excluding carboxylic acids is 1. The number of amides is 1. The highest BCUT2D eigenvalue weighted by atomic mass is 127. The third-order valence-electron chi connectivity index (χ3n) is 3.51. The predicted molar refractivity (Wildman–Crippen MR) is 93.7 cm³/mol. The first kappa shape index (κ1) is 17.7. The average molecular weight is 410 g/mol. The van der Waals surface area contributed by atoms with E-state index in [-0.39, 0.29) is 18.3 Å². The Labute approximate surface area is 140 Å². The van der Waals surface area contributed by atoms with E-state index >= 15 is 0 Å². The Kier molecular flexibility index (Phi) is 7.22. The van der Waals surface area contributed by atoms with Gasteiger partial charge in [-0.15, -0.1) is 12.4 Å². The molecule has 112 valence electrons. The Morgan fingerprint density at radius 3 is 2.85 bits per heavy atom. The number of halogens is 2. The summed E-state index contributed by atoms with van der Waals surface area (Å²) in [6, 6.07) is 6.57. The second-order valence-corrected chi connectivity index (χ2v) is 6.26. The van der Waals surface area contributed by atoms with Crippen LogP contribution in [0.15, 0.2) is 18.2 Å². The Balaban J connectivity index is 0.00000200. The summed E-state index contributed by atoms with van der Waals surface area (Å²) in [5.74, 6) is 0.0704. The van der Waals surface area contributed by atoms with Crippen LogP contribution in [0.3, 0.4) is 0 Å². The van der Waals surface area contributed by atoms with Crippen LogP contribution in [-0.2, 0) is 4.79 Å². The quantitative estimate of drug-likeness (QED) is 0.750. The van der Waals surface area contributed by atoms with Crippen LogP contribution in [0.1, 0.15) is 12.0 Å². The van der Waals surface area contributed by atoms with Crippen molar-refractivity contribution < 1.29 is 4.79 Å². The molecule has 1 aliphatic heterocycles. The van der Waals surface area contributed by atoms with E-state index in [4.69, 9.17) is 0 Å². The van der Waals surface area contributed by atoms with E-state index in [9.17, 15) is 4.79 Å². The number of nitrogens with zero attached hydrogens (tertiary/aromatic N) is 1. The molecule has 0 saturated carbocycles. The molecule has 6 heteroatoms. The number of hydrogen-bond donors (Lipinski definition) is 2. The molecule has 0 spiro atoms. The summed E-state index contributed by atoms with van der Waals surface area (Å²) in [5.41, 5.74) is 2.02. The number of benzene rings is 1. The second kappa shape index (κ2) is 8.17. The van der Waals surface area contributed by atoms with E-state index < -0.39 is 0 Å². The summed E-state index contributed by atoms with van der Waals surface area (Å²) in [4.78, 5) is 14.2. The Morgan fingerprint density at radius 1 is 1.50 bits per heavy atom. The van der Waals surface area contributed by atoms with Gasteiger partial charge in [0.25, 0.3) is 0 Å². The van der Waals surface area contributed by atoms with Crippen molar-refractivity contribution in [1.82, 2.24) is 10.2 Å². The normalized spacial score (nSPS) is 18.6. The summed E-state index contributed by atoms with van der Waals surface area (Å²) in [7, 11) is 1.98. The maximum Gasteiger partial charge on any atom is 0.238 e. The molecular weight excluding hydrogens is 389 g/mol. The zero-order valence-corrected chi connectivity index (χ0v) is 14.8. The van der Waals surface area contributed by atoms with Crippen molar-refractivity contribution in [3.05, 3.63) is 27.3 Å². The number of aryl methyl sites for hydroxylation is 1. The lowest BCUT2D eigenvalue weighted by atomic mass is 10.2. The van der Waals surface area contributed by atoms with Gasteiger partial charge < -0.3 is 10.6 Å². The van der Waals surface area contributed by atoms with Gasteiger partial charge in [0.1, 0.15) is 0 Å². The van der Waals surface area contributed by atoms with E-state index in [2.05, 4.69) is 44.2 Å². The lowest BCUT2D eigenvalue weighted by Crippen LogP contribution is -2.34. The molecule has 0 aromatic heterocycles. The maximum absolute atomic E-state index is 12.0. The highest BCUT2D eigenvalue weighted by molar-refractivity contribution is 14.1. The molecule has 1 saturated heterocycles. The van der Waals surface area contributed by atoms with Crippen LogP contribution in [0.5, 0.6) is 0 Å². The Hall–Kier alpha value is -0.370. The van der Waals surface area contributed by atoms with Gasteiger partial charge >= 0.3 is 0 Å². The van der Waals surface area contributed by atoms with E-state index in [1.807, 2.05) is 26.1 Å². The van der Waals surface area contributed by atoms with Crippen LogP contribution in [0.25, 0.3) is 0 Å². The van der Waals surface area contributed by atoms with Crippen molar-refractivity contribution in [3.63, 3.8) is 0 Å². The minimum atomic E-state index is 0. The summed E-state index contributed by atoms with van der Waals surface area (Å²) in [5, 5.41) is 6.25. The number of rotatable bonds is 4. The minimum Gasteiger partial charge on any atom is -0.325 e. The third-order valence-corrected chi connectivity index (χ3v) is 4.18. The maximum atomic E-state index is 12.0. The standard InChI is InChI=1S/C14H20IN3O.ClH/c1-10-7-11(15)3-4-13(10)17-14(19)9-18-6-5-12(8-18)16-2;/h3-4,7,12,16H,5-6,8-9H2,1-2H3,(H,17,19);1H. The van der Waals surface area contributed by atoms with Crippen molar-refractivity contribution in [2.45, 2.75) is 19.4 Å². The molecular formula is C14H21ClIN3O. The van der Waals surface area contributed by atoms with Crippen LogP contribution >= 0.6 is 35.0 Å². The van der Waals surface area contributed by atoms with E-state index in [1.54, 1.807) is 0 Å². The summed E-state index contributed by atoms with van der Waals surface area (Å²) in [6.07, 6.45) is 1.12. The van der Waals surface area contributed by atoms with Crippen molar-refractivity contribution in [1.29, 1.82) is 0 Å². The molecule has 1 aromatic rings. The van der Waals surface area contributed by atoms with Crippen molar-refractivity contribution in [2.75, 3.05) is 32.0 Å². The third kappa shape index (κ3) is 4.87. The lowest BCUT2D eigenvalue weighted by molar-refractivity contribution is -0.117. The molecule has 2 rings (SSSR count). The van der Waals surface area contributed by atoms with Crippen molar-refractivity contribution in [2.24, 2.45) is 0 Å². The van der Waals surface area contributed by atoms with E-state index in [1.165, 1.54) is 3.57 Å². The molecule has 0 bridgehead atoms. The van der Waals surface area contributed by atoms with Gasteiger partial charge in [-0.2, -0.15) is 0 Å². The fourth-order valence-electron chi connectivity index (χ4n) is 2.37. The van der Waals surface area contributed by atoms with Gasteiger partial charge in [-0.25, -0.2) is 0 Å². The molecule has 20 heavy (non-hydrogen) atoms. The Morgan fingerprint density at radius 2 is 2.25 bits per heavy atom. The molecule has 1 heterocycles. The van der Waals surface area contributed by atoms with Crippen LogP contribution < -0.4 is 10.6 Å². The molecule has 0 aliphatic carbocycles. The van der Waals surface area contributed by atoms with Gasteiger partial charge in [0.05, 0.1) is 6.54 Å². The van der Waals surface area contributed by atoms with Crippen LogP contribution in [-0.4, -0.2) is 43.5 Å². The molecule has 1 aliphatic rings. The van der Waals surface area contributed by atoms with Gasteiger partial charge in [0.15, 0.2) is 0 Å². The number of hydrogen-bond acceptors (Lipinski definition) is 3. The van der Waals surface area contributed by atoms with Gasteiger partial charge in [0, 0.05) is 28.4 Å². The number of likely N-dealkylation sites (tertiary alicyclic amines) is 1. The molecule has 1 unspecified atom stereocenters. The average Bonchev–Trinajstić information content (AvgIpc) is 2.80. The van der Waals surface area contributed by atoms with E-state index in [0.29, 0.717) is 12.6 Å². The minimum absolute atomic E-state index is 0. The summed E-state index contributed by atoms with van der Waals surface area (Å²) in [6.45, 7) is 4.44. The van der Waals surface area contributed by atoms with Crippen LogP contribution in [0.4, 0.5) is 5.69 Å². The number of anilines is 1. The largest absolute Gasteiger partial charge is 0.325 e. The first-order valence-corrected chi connectivity index (χ1v) is 7.62. The van der Waals surface area contributed by atoms with Gasteiger partial charge in [-0.1, -0.05) is 0 Å². The monoisotopic (exact) mass is 409 g/mol. The number of carbonyl (C=O) groups is 1. The molecule has 1 amide bonds. The highest BCUT2D eigenvalue weighted by Gasteiger charge is 2.22. The molecule has 0 radical (unpaired) electrons. The van der Waals surface area contributed by atoms with Gasteiger partial charge in [0.2, 0.25) is 5.91 Å². The summed E-state index contributed by atoms with van der Waals surface area (Å²) < 4.78 is 1.18. The van der Waals surface area contributed by atoms with Gasteiger partial charge in [-0.05, 0) is 66.7 Å². The number of likely N-dealkylation sites (N-methyl/N-ethyl adjacent to an activating group) is 1. The molecule has 2 N–H and O–H groups in total. The SMILES string of the molecule is CNC1CCN(CC(=O)Nc2ccc(I)cc2C)C1.Cl. The second-order valence-electron chi connectivity index (χ2n) is 5.02. The topological polar surface area (TPSA) is 44.4 Å². The van der Waals surface area contributed by atoms with E-state index in [0.717, 1.165) is 30.8 Å². The highest BCUT2D eigenvalue weighted by Crippen LogP contribution is 2.18. The first-order valence-electron chi connectivity index (χ1n) is 6.54.